The number of rotatable bonds is 5. The number of hydrogen-bond donors (Lipinski definition) is 1. The molecule has 0 bridgehead atoms. The molecule has 2 unspecified atom stereocenters. The van der Waals surface area contributed by atoms with Gasteiger partial charge in [0, 0.05) is 37.7 Å². The van der Waals surface area contributed by atoms with Crippen molar-refractivity contribution < 1.29 is 28.2 Å². The van der Waals surface area contributed by atoms with E-state index in [-0.39, 0.29) is 24.6 Å². The van der Waals surface area contributed by atoms with Crippen molar-refractivity contribution in [2.45, 2.75) is 30.8 Å². The van der Waals surface area contributed by atoms with Crippen LogP contribution in [0.3, 0.4) is 0 Å². The number of carboxylic acid groups (broad SMARTS) is 1. The van der Waals surface area contributed by atoms with E-state index in [1.165, 1.54) is 4.90 Å². The Kier molecular flexibility index (Phi) is 6.59. The molecule has 0 spiro atoms. The fourth-order valence-corrected chi connectivity index (χ4v) is 5.23. The molecule has 1 N–H and O–H groups in total. The van der Waals surface area contributed by atoms with Gasteiger partial charge in [0.15, 0.2) is 11.6 Å². The Labute approximate surface area is 207 Å². The van der Waals surface area contributed by atoms with E-state index in [0.717, 1.165) is 23.3 Å². The van der Waals surface area contributed by atoms with Gasteiger partial charge in [0.2, 0.25) is 5.91 Å². The van der Waals surface area contributed by atoms with Crippen LogP contribution in [0.25, 0.3) is 0 Å². The molecule has 0 saturated carbocycles. The third kappa shape index (κ3) is 4.51. The van der Waals surface area contributed by atoms with E-state index >= 15 is 0 Å². The SMILES string of the molecule is O=C(O)C1CC(N2CCCOc3cc(F)c(F)cc32)CN1C(=O)C(c1ccccc1)c1ccccc1. The number of hydrogen-bond acceptors (Lipinski definition) is 4. The average Bonchev–Trinajstić information content (AvgIpc) is 3.24. The number of benzene rings is 3. The molecule has 2 aliphatic heterocycles. The predicted octanol–water partition coefficient (Wildman–Crippen LogP) is 4.44. The Hall–Kier alpha value is -3.94. The fraction of sp³-hybridized carbons (Fsp3) is 0.286. The lowest BCUT2D eigenvalue weighted by molar-refractivity contribution is -0.148. The summed E-state index contributed by atoms with van der Waals surface area (Å²) in [4.78, 5) is 29.6. The standard InChI is InChI=1S/C28H26F2N2O4/c29-21-15-23-25(16-22(21)30)36-13-7-12-31(23)20-14-24(28(34)35)32(17-20)27(33)26(18-8-3-1-4-9-18)19-10-5-2-6-11-19/h1-6,8-11,15-16,20,24,26H,7,12-14,17H2,(H,34,35). The van der Waals surface area contributed by atoms with Gasteiger partial charge >= 0.3 is 5.97 Å². The number of amides is 1. The topological polar surface area (TPSA) is 70.1 Å². The second kappa shape index (κ2) is 9.97. The van der Waals surface area contributed by atoms with Crippen LogP contribution in [0.5, 0.6) is 5.75 Å². The second-order valence-electron chi connectivity index (χ2n) is 9.12. The highest BCUT2D eigenvalue weighted by Crippen LogP contribution is 2.38. The molecule has 1 saturated heterocycles. The van der Waals surface area contributed by atoms with Gasteiger partial charge in [-0.15, -0.1) is 0 Å². The molecule has 6 nitrogen and oxygen atoms in total. The summed E-state index contributed by atoms with van der Waals surface area (Å²) in [6.07, 6.45) is 0.757. The summed E-state index contributed by atoms with van der Waals surface area (Å²) in [6.45, 7) is 0.943. The number of carbonyl (C=O) groups is 2. The van der Waals surface area contributed by atoms with E-state index in [1.807, 2.05) is 65.6 Å². The average molecular weight is 493 g/mol. The van der Waals surface area contributed by atoms with Crippen LogP contribution in [0.1, 0.15) is 29.9 Å². The number of fused-ring (bicyclic) bond motifs is 1. The van der Waals surface area contributed by atoms with Crippen molar-refractivity contribution in [2.75, 3.05) is 24.6 Å². The molecule has 8 heteroatoms. The molecule has 5 rings (SSSR count). The van der Waals surface area contributed by atoms with E-state index < -0.39 is 35.6 Å². The van der Waals surface area contributed by atoms with Crippen LogP contribution in [0, 0.1) is 11.6 Å². The Morgan fingerprint density at radius 2 is 1.56 bits per heavy atom. The zero-order valence-corrected chi connectivity index (χ0v) is 19.5. The van der Waals surface area contributed by atoms with Gasteiger partial charge in [-0.2, -0.15) is 0 Å². The van der Waals surface area contributed by atoms with Gasteiger partial charge in [-0.3, -0.25) is 4.79 Å². The smallest absolute Gasteiger partial charge is 0.326 e. The van der Waals surface area contributed by atoms with Gasteiger partial charge in [0.05, 0.1) is 18.2 Å². The van der Waals surface area contributed by atoms with Crippen molar-refractivity contribution in [2.24, 2.45) is 0 Å². The van der Waals surface area contributed by atoms with Crippen LogP contribution in [0.15, 0.2) is 72.8 Å². The molecule has 36 heavy (non-hydrogen) atoms. The number of ether oxygens (including phenoxy) is 1. The number of carbonyl (C=O) groups excluding carboxylic acids is 1. The summed E-state index contributed by atoms with van der Waals surface area (Å²) in [5.74, 6) is -3.86. The quantitative estimate of drug-likeness (QED) is 0.570. The number of carboxylic acids is 1. The summed E-state index contributed by atoms with van der Waals surface area (Å²) in [7, 11) is 0. The molecule has 0 radical (unpaired) electrons. The fourth-order valence-electron chi connectivity index (χ4n) is 5.23. The first-order valence-corrected chi connectivity index (χ1v) is 12.0. The third-order valence-electron chi connectivity index (χ3n) is 6.91. The molecule has 2 aliphatic rings. The summed E-state index contributed by atoms with van der Waals surface area (Å²) in [5, 5.41) is 10.1. The lowest BCUT2D eigenvalue weighted by Crippen LogP contribution is -2.44. The van der Waals surface area contributed by atoms with E-state index in [4.69, 9.17) is 4.74 Å². The molecule has 2 heterocycles. The number of aliphatic carboxylic acids is 1. The van der Waals surface area contributed by atoms with Gasteiger partial charge < -0.3 is 19.6 Å². The molecule has 0 aromatic heterocycles. The Morgan fingerprint density at radius 3 is 2.17 bits per heavy atom. The Bertz CT molecular complexity index is 1220. The largest absolute Gasteiger partial charge is 0.491 e. The normalized spacial score (nSPS) is 19.5. The van der Waals surface area contributed by atoms with Crippen molar-refractivity contribution in [1.29, 1.82) is 0 Å². The maximum atomic E-state index is 14.2. The van der Waals surface area contributed by atoms with E-state index in [0.29, 0.717) is 25.3 Å². The Morgan fingerprint density at radius 1 is 0.944 bits per heavy atom. The van der Waals surface area contributed by atoms with Gasteiger partial charge in [-0.05, 0) is 17.5 Å². The summed E-state index contributed by atoms with van der Waals surface area (Å²) >= 11 is 0. The van der Waals surface area contributed by atoms with E-state index in [2.05, 4.69) is 0 Å². The van der Waals surface area contributed by atoms with Crippen LogP contribution in [0.2, 0.25) is 0 Å². The van der Waals surface area contributed by atoms with Crippen LogP contribution >= 0.6 is 0 Å². The first-order chi connectivity index (χ1) is 17.4. The molecule has 186 valence electrons. The summed E-state index contributed by atoms with van der Waals surface area (Å²) < 4.78 is 33.7. The first-order valence-electron chi connectivity index (χ1n) is 12.0. The van der Waals surface area contributed by atoms with Crippen molar-refractivity contribution in [1.82, 2.24) is 4.90 Å². The van der Waals surface area contributed by atoms with Crippen molar-refractivity contribution in [3.8, 4) is 5.75 Å². The lowest BCUT2D eigenvalue weighted by Gasteiger charge is -2.31. The second-order valence-corrected chi connectivity index (χ2v) is 9.12. The van der Waals surface area contributed by atoms with Crippen LogP contribution in [-0.2, 0) is 9.59 Å². The van der Waals surface area contributed by atoms with Gasteiger partial charge in [-0.25, -0.2) is 13.6 Å². The van der Waals surface area contributed by atoms with Crippen LogP contribution < -0.4 is 9.64 Å². The van der Waals surface area contributed by atoms with Gasteiger partial charge in [0.1, 0.15) is 11.8 Å². The van der Waals surface area contributed by atoms with Crippen molar-refractivity contribution >= 4 is 17.6 Å². The highest BCUT2D eigenvalue weighted by atomic mass is 19.2. The van der Waals surface area contributed by atoms with Crippen LogP contribution in [0.4, 0.5) is 14.5 Å². The Balaban J connectivity index is 1.50. The molecule has 3 aromatic carbocycles. The number of likely N-dealkylation sites (tertiary alicyclic amines) is 1. The van der Waals surface area contributed by atoms with E-state index in [9.17, 15) is 23.5 Å². The number of nitrogens with zero attached hydrogens (tertiary/aromatic N) is 2. The summed E-state index contributed by atoms with van der Waals surface area (Å²) in [5.41, 5.74) is 1.91. The van der Waals surface area contributed by atoms with Gasteiger partial charge in [0.25, 0.3) is 0 Å². The summed E-state index contributed by atoms with van der Waals surface area (Å²) in [6, 6.07) is 19.2. The molecule has 1 amide bonds. The minimum Gasteiger partial charge on any atom is -0.491 e. The molecule has 2 atom stereocenters. The molecule has 0 aliphatic carbocycles. The minimum atomic E-state index is -1.10. The monoisotopic (exact) mass is 492 g/mol. The van der Waals surface area contributed by atoms with Crippen molar-refractivity contribution in [3.63, 3.8) is 0 Å². The highest BCUT2D eigenvalue weighted by Gasteiger charge is 2.45. The maximum Gasteiger partial charge on any atom is 0.326 e. The first kappa shape index (κ1) is 23.8. The molecular formula is C28H26F2N2O4. The zero-order valence-electron chi connectivity index (χ0n) is 19.5. The molecule has 1 fully saturated rings. The number of halogens is 2. The van der Waals surface area contributed by atoms with Crippen molar-refractivity contribution in [3.05, 3.63) is 95.6 Å². The predicted molar refractivity (Wildman–Crippen MR) is 130 cm³/mol. The van der Waals surface area contributed by atoms with E-state index in [1.54, 1.807) is 0 Å². The maximum absolute atomic E-state index is 14.2. The third-order valence-corrected chi connectivity index (χ3v) is 6.91. The molecular weight excluding hydrogens is 466 g/mol. The zero-order chi connectivity index (χ0) is 25.2. The minimum absolute atomic E-state index is 0.143. The molecule has 3 aromatic rings. The lowest BCUT2D eigenvalue weighted by atomic mass is 9.90. The van der Waals surface area contributed by atoms with Crippen LogP contribution in [-0.4, -0.2) is 53.7 Å². The number of anilines is 1. The van der Waals surface area contributed by atoms with Gasteiger partial charge in [-0.1, -0.05) is 60.7 Å². The highest BCUT2D eigenvalue weighted by molar-refractivity contribution is 5.91.